The minimum Gasteiger partial charge on any atom is -0.300 e. The van der Waals surface area contributed by atoms with Gasteiger partial charge in [0.25, 0.3) is 0 Å². The maximum Gasteiger partial charge on any atom is 0.136 e. The maximum atomic E-state index is 11.7. The van der Waals surface area contributed by atoms with Gasteiger partial charge in [0.1, 0.15) is 5.78 Å². The van der Waals surface area contributed by atoms with Crippen molar-refractivity contribution in [3.8, 4) is 11.1 Å². The van der Waals surface area contributed by atoms with Crippen LogP contribution in [0.1, 0.15) is 31.2 Å². The van der Waals surface area contributed by atoms with Gasteiger partial charge in [-0.15, -0.1) is 0 Å². The number of Topliss-reactive ketones (excluding diaryl/α,β-unsaturated/α-hetero) is 1. The fourth-order valence-electron chi connectivity index (χ4n) is 3.96. The molecule has 0 aromatic heterocycles. The van der Waals surface area contributed by atoms with Crippen LogP contribution in [0.4, 0.5) is 0 Å². The number of carbonyl (C=O) groups is 1. The summed E-state index contributed by atoms with van der Waals surface area (Å²) in [4.78, 5) is 14.3. The van der Waals surface area contributed by atoms with Crippen molar-refractivity contribution < 1.29 is 4.79 Å². The summed E-state index contributed by atoms with van der Waals surface area (Å²) in [6, 6.07) is 20.3. The second-order valence-electron chi connectivity index (χ2n) is 6.57. The quantitative estimate of drug-likeness (QED) is 0.850. The van der Waals surface area contributed by atoms with E-state index in [-0.39, 0.29) is 0 Å². The average molecular weight is 291 g/mol. The molecule has 0 spiro atoms. The number of nitrogens with zero attached hydrogens (tertiary/aromatic N) is 1. The molecule has 0 saturated carbocycles. The third-order valence-electron chi connectivity index (χ3n) is 5.12. The van der Waals surface area contributed by atoms with Gasteiger partial charge < -0.3 is 0 Å². The number of hydrogen-bond donors (Lipinski definition) is 0. The lowest BCUT2D eigenvalue weighted by molar-refractivity contribution is -0.123. The van der Waals surface area contributed by atoms with E-state index in [1.807, 2.05) is 6.07 Å². The van der Waals surface area contributed by atoms with E-state index in [0.717, 1.165) is 19.4 Å². The van der Waals surface area contributed by atoms with Crippen molar-refractivity contribution in [2.75, 3.05) is 0 Å². The summed E-state index contributed by atoms with van der Waals surface area (Å²) in [5.41, 5.74) is 3.88. The molecule has 2 aliphatic rings. The highest BCUT2D eigenvalue weighted by Crippen LogP contribution is 2.35. The van der Waals surface area contributed by atoms with Gasteiger partial charge in [0.2, 0.25) is 0 Å². The highest BCUT2D eigenvalue weighted by Gasteiger charge is 2.39. The van der Waals surface area contributed by atoms with E-state index >= 15 is 0 Å². The lowest BCUT2D eigenvalue weighted by Crippen LogP contribution is -2.42. The Morgan fingerprint density at radius 2 is 1.41 bits per heavy atom. The molecule has 2 atom stereocenters. The molecule has 0 N–H and O–H groups in total. The van der Waals surface area contributed by atoms with Crippen molar-refractivity contribution in [2.24, 2.45) is 0 Å². The molecule has 2 aliphatic heterocycles. The van der Waals surface area contributed by atoms with Crippen molar-refractivity contribution in [1.29, 1.82) is 0 Å². The summed E-state index contributed by atoms with van der Waals surface area (Å²) in [5.74, 6) is 0.461. The van der Waals surface area contributed by atoms with Crippen LogP contribution in [0.15, 0.2) is 54.6 Å². The minimum atomic E-state index is 0.461. The molecular formula is C20H21NO. The molecule has 112 valence electrons. The van der Waals surface area contributed by atoms with Crippen LogP contribution in [0.2, 0.25) is 0 Å². The fraction of sp³-hybridized carbons (Fsp3) is 0.350. The van der Waals surface area contributed by atoms with Crippen LogP contribution >= 0.6 is 0 Å². The Kier molecular flexibility index (Phi) is 3.55. The number of carbonyl (C=O) groups excluding carboxylic acids is 1. The summed E-state index contributed by atoms with van der Waals surface area (Å²) < 4.78 is 0. The van der Waals surface area contributed by atoms with Crippen LogP contribution in [0.25, 0.3) is 11.1 Å². The van der Waals surface area contributed by atoms with E-state index in [2.05, 4.69) is 53.4 Å². The molecule has 2 fully saturated rings. The molecule has 0 amide bonds. The molecule has 2 aromatic carbocycles. The Bertz CT molecular complexity index is 646. The number of rotatable bonds is 3. The molecule has 2 heteroatoms. The molecule has 2 bridgehead atoms. The first-order valence-electron chi connectivity index (χ1n) is 8.21. The van der Waals surface area contributed by atoms with Crippen LogP contribution in [0.3, 0.4) is 0 Å². The van der Waals surface area contributed by atoms with Gasteiger partial charge in [-0.05, 0) is 29.5 Å². The topological polar surface area (TPSA) is 20.3 Å². The lowest BCUT2D eigenvalue weighted by atomic mass is 9.99. The Morgan fingerprint density at radius 1 is 0.818 bits per heavy atom. The fourth-order valence-corrected chi connectivity index (χ4v) is 3.96. The minimum absolute atomic E-state index is 0.461. The van der Waals surface area contributed by atoms with E-state index in [9.17, 15) is 4.79 Å². The van der Waals surface area contributed by atoms with Crippen molar-refractivity contribution in [1.82, 2.24) is 4.90 Å². The predicted octanol–water partition coefficient (Wildman–Crippen LogP) is 4.05. The van der Waals surface area contributed by atoms with Crippen LogP contribution in [-0.2, 0) is 11.3 Å². The van der Waals surface area contributed by atoms with Crippen molar-refractivity contribution in [3.63, 3.8) is 0 Å². The van der Waals surface area contributed by atoms with E-state index in [1.54, 1.807) is 0 Å². The van der Waals surface area contributed by atoms with Crippen LogP contribution in [-0.4, -0.2) is 22.8 Å². The summed E-state index contributed by atoms with van der Waals surface area (Å²) in [6.45, 7) is 0.984. The molecular weight excluding hydrogens is 270 g/mol. The van der Waals surface area contributed by atoms with E-state index < -0.39 is 0 Å². The van der Waals surface area contributed by atoms with Gasteiger partial charge in [-0.1, -0.05) is 54.6 Å². The van der Waals surface area contributed by atoms with Gasteiger partial charge >= 0.3 is 0 Å². The zero-order chi connectivity index (χ0) is 14.9. The number of hydrogen-bond acceptors (Lipinski definition) is 2. The Labute approximate surface area is 131 Å². The smallest absolute Gasteiger partial charge is 0.136 e. The van der Waals surface area contributed by atoms with Crippen LogP contribution in [0.5, 0.6) is 0 Å². The van der Waals surface area contributed by atoms with E-state index in [1.165, 1.54) is 29.5 Å². The van der Waals surface area contributed by atoms with Gasteiger partial charge in [0.15, 0.2) is 0 Å². The first kappa shape index (κ1) is 13.7. The van der Waals surface area contributed by atoms with Crippen LogP contribution < -0.4 is 0 Å². The highest BCUT2D eigenvalue weighted by molar-refractivity contribution is 5.81. The van der Waals surface area contributed by atoms with Crippen molar-refractivity contribution in [2.45, 2.75) is 44.3 Å². The Balaban J connectivity index is 1.49. The predicted molar refractivity (Wildman–Crippen MR) is 88.5 cm³/mol. The monoisotopic (exact) mass is 291 g/mol. The Morgan fingerprint density at radius 3 is 2.05 bits per heavy atom. The zero-order valence-corrected chi connectivity index (χ0v) is 12.7. The van der Waals surface area contributed by atoms with Gasteiger partial charge in [-0.3, -0.25) is 9.69 Å². The molecule has 22 heavy (non-hydrogen) atoms. The third kappa shape index (κ3) is 2.59. The second kappa shape index (κ2) is 5.69. The van der Waals surface area contributed by atoms with Gasteiger partial charge in [0.05, 0.1) is 0 Å². The second-order valence-corrected chi connectivity index (χ2v) is 6.57. The highest BCUT2D eigenvalue weighted by atomic mass is 16.1. The summed E-state index contributed by atoms with van der Waals surface area (Å²) in [6.07, 6.45) is 3.91. The van der Waals surface area contributed by atoms with Crippen molar-refractivity contribution >= 4 is 5.78 Å². The molecule has 4 rings (SSSR count). The SMILES string of the molecule is O=C1CC2CCC(C1)N2Cc1ccc(-c2ccccc2)cc1. The molecule has 0 radical (unpaired) electrons. The molecule has 2 unspecified atom stereocenters. The molecule has 2 nitrogen and oxygen atoms in total. The number of fused-ring (bicyclic) bond motifs is 2. The van der Waals surface area contributed by atoms with Gasteiger partial charge in [0, 0.05) is 31.5 Å². The summed E-state index contributed by atoms with van der Waals surface area (Å²) in [7, 11) is 0. The normalized spacial score (nSPS) is 24.6. The number of benzene rings is 2. The molecule has 2 saturated heterocycles. The number of ketones is 1. The third-order valence-corrected chi connectivity index (χ3v) is 5.12. The lowest BCUT2D eigenvalue weighted by Gasteiger charge is -2.34. The first-order valence-corrected chi connectivity index (χ1v) is 8.21. The summed E-state index contributed by atoms with van der Waals surface area (Å²) >= 11 is 0. The van der Waals surface area contributed by atoms with Gasteiger partial charge in [-0.25, -0.2) is 0 Å². The van der Waals surface area contributed by atoms with Gasteiger partial charge in [-0.2, -0.15) is 0 Å². The standard InChI is InChI=1S/C20H21NO/c22-20-12-18-10-11-19(13-20)21(18)14-15-6-8-17(9-7-15)16-4-2-1-3-5-16/h1-9,18-19H,10-14H2. The van der Waals surface area contributed by atoms with E-state index in [0.29, 0.717) is 17.9 Å². The first-order chi connectivity index (χ1) is 10.8. The van der Waals surface area contributed by atoms with E-state index in [4.69, 9.17) is 0 Å². The largest absolute Gasteiger partial charge is 0.300 e. The number of piperidine rings is 1. The van der Waals surface area contributed by atoms with Crippen LogP contribution in [0, 0.1) is 0 Å². The summed E-state index contributed by atoms with van der Waals surface area (Å²) in [5, 5.41) is 0. The average Bonchev–Trinajstić information content (AvgIpc) is 2.79. The zero-order valence-electron chi connectivity index (χ0n) is 12.7. The Hall–Kier alpha value is -1.93. The molecule has 2 aromatic rings. The maximum absolute atomic E-state index is 11.7. The molecule has 2 heterocycles. The van der Waals surface area contributed by atoms with Crippen molar-refractivity contribution in [3.05, 3.63) is 60.2 Å². The molecule has 0 aliphatic carbocycles.